The number of carbonyl (C=O) groups excluding carboxylic acids is 1. The van der Waals surface area contributed by atoms with Gasteiger partial charge in [0.2, 0.25) is 5.91 Å². The summed E-state index contributed by atoms with van der Waals surface area (Å²) >= 11 is 5.31. The van der Waals surface area contributed by atoms with Gasteiger partial charge in [0.15, 0.2) is 16.6 Å². The van der Waals surface area contributed by atoms with Crippen LogP contribution in [0.4, 0.5) is 15.8 Å². The molecule has 1 heterocycles. The first-order valence-corrected chi connectivity index (χ1v) is 8.97. The molecular weight excluding hydrogens is 369 g/mol. The van der Waals surface area contributed by atoms with Gasteiger partial charge in [-0.1, -0.05) is 12.1 Å². The van der Waals surface area contributed by atoms with Crippen molar-refractivity contribution in [1.29, 1.82) is 0 Å². The molecule has 0 fully saturated rings. The lowest BCUT2D eigenvalue weighted by Crippen LogP contribution is -2.40. The fraction of sp³-hybridized carbons (Fsp3) is 0.263. The van der Waals surface area contributed by atoms with Crippen LogP contribution in [0.5, 0.6) is 11.5 Å². The van der Waals surface area contributed by atoms with Gasteiger partial charge in [-0.05, 0) is 43.4 Å². The smallest absolute Gasteiger partial charge is 0.243 e. The molecule has 2 N–H and O–H groups in total. The summed E-state index contributed by atoms with van der Waals surface area (Å²) in [4.78, 5) is 14.0. The maximum Gasteiger partial charge on any atom is 0.243 e. The van der Waals surface area contributed by atoms with E-state index in [0.717, 1.165) is 0 Å². The van der Waals surface area contributed by atoms with Crippen molar-refractivity contribution >= 4 is 34.6 Å². The molecule has 0 aliphatic carbocycles. The number of amides is 1. The van der Waals surface area contributed by atoms with Crippen LogP contribution < -0.4 is 20.1 Å². The second-order valence-electron chi connectivity index (χ2n) is 5.83. The van der Waals surface area contributed by atoms with Crippen molar-refractivity contribution in [3.05, 3.63) is 48.3 Å². The molecule has 0 spiro atoms. The summed E-state index contributed by atoms with van der Waals surface area (Å²) in [5.74, 6) is 0.607. The van der Waals surface area contributed by atoms with E-state index >= 15 is 0 Å². The van der Waals surface area contributed by atoms with E-state index in [9.17, 15) is 9.18 Å². The average molecular weight is 389 g/mol. The molecule has 6 nitrogen and oxygen atoms in total. The van der Waals surface area contributed by atoms with Gasteiger partial charge in [-0.3, -0.25) is 4.79 Å². The Bertz CT molecular complexity index is 847. The molecule has 2 aromatic carbocycles. The lowest BCUT2D eigenvalue weighted by molar-refractivity contribution is -0.116. The minimum absolute atomic E-state index is 0.0330. The summed E-state index contributed by atoms with van der Waals surface area (Å²) in [5.41, 5.74) is 0.876. The van der Waals surface area contributed by atoms with Crippen molar-refractivity contribution in [2.75, 3.05) is 36.9 Å². The van der Waals surface area contributed by atoms with Gasteiger partial charge in [0.05, 0.1) is 12.2 Å². The normalized spacial score (nSPS) is 12.2. The third-order valence-electron chi connectivity index (χ3n) is 3.94. The number of rotatable bonds is 5. The number of carbonyl (C=O) groups is 1. The van der Waals surface area contributed by atoms with Gasteiger partial charge in [0, 0.05) is 18.3 Å². The number of nitrogens with zero attached hydrogens (tertiary/aromatic N) is 1. The zero-order chi connectivity index (χ0) is 19.2. The molecule has 0 atom stereocenters. The van der Waals surface area contributed by atoms with Crippen molar-refractivity contribution in [2.45, 2.75) is 6.92 Å². The van der Waals surface area contributed by atoms with Crippen LogP contribution in [0.3, 0.4) is 0 Å². The third-order valence-corrected chi connectivity index (χ3v) is 4.31. The number of thiocarbonyl (C=S) groups is 1. The number of ether oxygens (including phenoxy) is 2. The molecule has 8 heteroatoms. The van der Waals surface area contributed by atoms with Gasteiger partial charge < -0.3 is 25.0 Å². The predicted octanol–water partition coefficient (Wildman–Crippen LogP) is 3.25. The Hall–Kier alpha value is -2.87. The highest BCUT2D eigenvalue weighted by Gasteiger charge is 2.16. The van der Waals surface area contributed by atoms with Crippen LogP contribution in [0.25, 0.3) is 0 Å². The van der Waals surface area contributed by atoms with Crippen LogP contribution >= 0.6 is 12.2 Å². The molecule has 0 saturated heterocycles. The van der Waals surface area contributed by atoms with Crippen molar-refractivity contribution in [3.63, 3.8) is 0 Å². The van der Waals surface area contributed by atoms with Gasteiger partial charge in [0.1, 0.15) is 19.0 Å². The van der Waals surface area contributed by atoms with E-state index in [-0.39, 0.29) is 23.3 Å². The number of halogens is 1. The molecule has 142 valence electrons. The van der Waals surface area contributed by atoms with Gasteiger partial charge in [-0.15, -0.1) is 0 Å². The molecule has 27 heavy (non-hydrogen) atoms. The summed E-state index contributed by atoms with van der Waals surface area (Å²) in [6.45, 7) is 3.38. The highest BCUT2D eigenvalue weighted by molar-refractivity contribution is 7.80. The number of nitrogens with one attached hydrogen (secondary N) is 2. The maximum absolute atomic E-state index is 13.8. The summed E-state index contributed by atoms with van der Waals surface area (Å²) in [7, 11) is 0. The van der Waals surface area contributed by atoms with Crippen molar-refractivity contribution in [2.24, 2.45) is 0 Å². The zero-order valence-electron chi connectivity index (χ0n) is 14.8. The minimum atomic E-state index is -0.406. The highest BCUT2D eigenvalue weighted by atomic mass is 32.1. The average Bonchev–Trinajstić information content (AvgIpc) is 2.67. The zero-order valence-corrected chi connectivity index (χ0v) is 15.6. The monoisotopic (exact) mass is 389 g/mol. The van der Waals surface area contributed by atoms with E-state index < -0.39 is 5.82 Å². The van der Waals surface area contributed by atoms with Crippen LogP contribution in [0.15, 0.2) is 42.5 Å². The molecule has 0 bridgehead atoms. The largest absolute Gasteiger partial charge is 0.486 e. The van der Waals surface area contributed by atoms with Crippen molar-refractivity contribution < 1.29 is 18.7 Å². The fourth-order valence-electron chi connectivity index (χ4n) is 2.58. The summed E-state index contributed by atoms with van der Waals surface area (Å²) in [6.07, 6.45) is 0. The summed E-state index contributed by atoms with van der Waals surface area (Å²) in [6, 6.07) is 11.5. The Kier molecular flexibility index (Phi) is 6.08. The molecule has 0 unspecified atom stereocenters. The van der Waals surface area contributed by atoms with Crippen LogP contribution in [0, 0.1) is 5.82 Å². The molecule has 1 aliphatic heterocycles. The minimum Gasteiger partial charge on any atom is -0.486 e. The Labute approximate surface area is 162 Å². The van der Waals surface area contributed by atoms with Gasteiger partial charge in [-0.25, -0.2) is 4.39 Å². The van der Waals surface area contributed by atoms with E-state index in [1.54, 1.807) is 41.3 Å². The lowest BCUT2D eigenvalue weighted by atomic mass is 10.2. The van der Waals surface area contributed by atoms with Gasteiger partial charge >= 0.3 is 0 Å². The quantitative estimate of drug-likeness (QED) is 0.766. The van der Waals surface area contributed by atoms with E-state index in [0.29, 0.717) is 36.9 Å². The first-order chi connectivity index (χ1) is 13.1. The Morgan fingerprint density at radius 1 is 1.15 bits per heavy atom. The molecule has 0 saturated carbocycles. The first-order valence-electron chi connectivity index (χ1n) is 8.56. The van der Waals surface area contributed by atoms with E-state index in [1.807, 2.05) is 6.92 Å². The third kappa shape index (κ3) is 4.85. The molecule has 0 radical (unpaired) electrons. The van der Waals surface area contributed by atoms with E-state index in [1.165, 1.54) is 6.07 Å². The van der Waals surface area contributed by atoms with Gasteiger partial charge in [-0.2, -0.15) is 0 Å². The number of hydrogen-bond acceptors (Lipinski definition) is 4. The Balaban J connectivity index is 1.59. The van der Waals surface area contributed by atoms with Gasteiger partial charge in [0.25, 0.3) is 0 Å². The summed E-state index contributed by atoms with van der Waals surface area (Å²) < 4.78 is 24.7. The van der Waals surface area contributed by atoms with Crippen molar-refractivity contribution in [3.8, 4) is 11.5 Å². The number of benzene rings is 2. The molecule has 2 aromatic rings. The first kappa shape index (κ1) is 18.9. The Morgan fingerprint density at radius 2 is 1.89 bits per heavy atom. The van der Waals surface area contributed by atoms with Crippen LogP contribution in [-0.2, 0) is 4.79 Å². The number of likely N-dealkylation sites (N-methyl/N-ethyl adjacent to an activating group) is 1. The molecule has 1 amide bonds. The number of anilines is 2. The van der Waals surface area contributed by atoms with E-state index in [2.05, 4.69) is 10.6 Å². The predicted molar refractivity (Wildman–Crippen MR) is 106 cm³/mol. The maximum atomic E-state index is 13.8. The topological polar surface area (TPSA) is 62.8 Å². The van der Waals surface area contributed by atoms with Crippen LogP contribution in [0.1, 0.15) is 6.92 Å². The van der Waals surface area contributed by atoms with E-state index in [4.69, 9.17) is 21.7 Å². The highest BCUT2D eigenvalue weighted by Crippen LogP contribution is 2.32. The lowest BCUT2D eigenvalue weighted by Gasteiger charge is -2.24. The second kappa shape index (κ2) is 8.68. The number of hydrogen-bond donors (Lipinski definition) is 2. The fourth-order valence-corrected chi connectivity index (χ4v) is 2.88. The molecule has 3 rings (SSSR count). The Morgan fingerprint density at radius 3 is 2.63 bits per heavy atom. The standard InChI is InChI=1S/C19H20FN3O3S/c1-2-23(19(27)22-15-6-4-3-5-14(15)20)12-18(24)21-13-7-8-16-17(11-13)26-10-9-25-16/h3-8,11H,2,9-10,12H2,1H3,(H,21,24)(H,22,27). The SMILES string of the molecule is CCN(CC(=O)Nc1ccc2c(c1)OCCO2)C(=S)Nc1ccccc1F. The van der Waals surface area contributed by atoms with Crippen LogP contribution in [0.2, 0.25) is 0 Å². The second-order valence-corrected chi connectivity index (χ2v) is 6.22. The van der Waals surface area contributed by atoms with Crippen molar-refractivity contribution in [1.82, 2.24) is 4.90 Å². The molecule has 0 aromatic heterocycles. The molecular formula is C19H20FN3O3S. The van der Waals surface area contributed by atoms with Crippen LogP contribution in [-0.4, -0.2) is 42.2 Å². The number of fused-ring (bicyclic) bond motifs is 1. The summed E-state index contributed by atoms with van der Waals surface area (Å²) in [5, 5.41) is 5.92. The molecule has 1 aliphatic rings. The number of para-hydroxylation sites is 1.